The van der Waals surface area contributed by atoms with Crippen molar-refractivity contribution in [1.82, 2.24) is 0 Å². The summed E-state index contributed by atoms with van der Waals surface area (Å²) in [6.07, 6.45) is 9.29. The van der Waals surface area contributed by atoms with Crippen LogP contribution in [0.15, 0.2) is 24.3 Å². The molecule has 2 N–H and O–H groups in total. The van der Waals surface area contributed by atoms with E-state index in [1.807, 2.05) is 12.1 Å². The molecule has 2 aliphatic rings. The first kappa shape index (κ1) is 12.0. The lowest BCUT2D eigenvalue weighted by molar-refractivity contribution is -0.976. The molecule has 18 heavy (non-hydrogen) atoms. The average molecular weight is 244 g/mol. The number of rotatable bonds is 2. The minimum absolute atomic E-state index is 0.817. The van der Waals surface area contributed by atoms with Crippen LogP contribution in [0.5, 0.6) is 0 Å². The molecule has 3 rings (SSSR count). The molecule has 2 heteroatoms. The molecule has 2 bridgehead atoms. The predicted molar refractivity (Wildman–Crippen MR) is 75.7 cm³/mol. The number of hydrogen-bond acceptors (Lipinski definition) is 1. The van der Waals surface area contributed by atoms with Gasteiger partial charge in [0.25, 0.3) is 0 Å². The summed E-state index contributed by atoms with van der Waals surface area (Å²) in [4.78, 5) is 0. The first-order valence-electron chi connectivity index (χ1n) is 7.20. The van der Waals surface area contributed by atoms with Crippen LogP contribution in [0.2, 0.25) is 0 Å². The zero-order valence-electron chi connectivity index (χ0n) is 11.3. The summed E-state index contributed by atoms with van der Waals surface area (Å²) in [5.74, 6) is 0. The summed E-state index contributed by atoms with van der Waals surface area (Å²) in [6, 6.07) is 10.0. The van der Waals surface area contributed by atoms with Gasteiger partial charge in [-0.25, -0.2) is 0 Å². The maximum atomic E-state index is 6.13. The highest BCUT2D eigenvalue weighted by Crippen LogP contribution is 2.40. The number of piperidine rings is 2. The Morgan fingerprint density at radius 2 is 1.83 bits per heavy atom. The third-order valence-electron chi connectivity index (χ3n) is 5.19. The van der Waals surface area contributed by atoms with Crippen LogP contribution in [-0.4, -0.2) is 23.6 Å². The zero-order chi connectivity index (χ0) is 12.6. The van der Waals surface area contributed by atoms with Gasteiger partial charge in [-0.15, -0.1) is 0 Å². The summed E-state index contributed by atoms with van der Waals surface area (Å²) < 4.78 is 1.21. The number of nitrogens with zero attached hydrogens (tertiary/aromatic N) is 1. The summed E-state index contributed by atoms with van der Waals surface area (Å²) in [6.45, 7) is 1.11. The minimum atomic E-state index is 0.817. The monoisotopic (exact) mass is 244 g/mol. The molecule has 2 aliphatic heterocycles. The van der Waals surface area contributed by atoms with E-state index in [-0.39, 0.29) is 0 Å². The molecule has 0 aromatic heterocycles. The van der Waals surface area contributed by atoms with Crippen molar-refractivity contribution in [3.8, 4) is 0 Å². The molecule has 2 unspecified atom stereocenters. The highest BCUT2D eigenvalue weighted by Gasteiger charge is 2.45. The van der Waals surface area contributed by atoms with Crippen molar-refractivity contribution in [2.75, 3.05) is 12.8 Å². The Hall–Kier alpha value is -1.02. The summed E-state index contributed by atoms with van der Waals surface area (Å²) in [7, 11) is 2.45. The van der Waals surface area contributed by atoms with Crippen LogP contribution in [0.25, 0.3) is 0 Å². The molecular weight excluding hydrogens is 220 g/mol. The Balaban J connectivity index is 1.88. The van der Waals surface area contributed by atoms with Crippen molar-refractivity contribution in [2.24, 2.45) is 0 Å². The van der Waals surface area contributed by atoms with Crippen LogP contribution in [0.3, 0.4) is 0 Å². The van der Waals surface area contributed by atoms with E-state index < -0.39 is 0 Å². The van der Waals surface area contributed by atoms with Crippen LogP contribution < -0.4 is 5.73 Å². The lowest BCUT2D eigenvalue weighted by atomic mass is 9.81. The molecule has 0 aliphatic carbocycles. The topological polar surface area (TPSA) is 26.0 Å². The molecule has 0 saturated carbocycles. The summed E-state index contributed by atoms with van der Waals surface area (Å²) >= 11 is 0. The van der Waals surface area contributed by atoms with Crippen molar-refractivity contribution in [2.45, 2.75) is 50.7 Å². The summed E-state index contributed by atoms with van der Waals surface area (Å²) in [5.41, 5.74) is 8.42. The fourth-order valence-electron chi connectivity index (χ4n) is 3.98. The van der Waals surface area contributed by atoms with Gasteiger partial charge in [-0.1, -0.05) is 18.2 Å². The van der Waals surface area contributed by atoms with Crippen molar-refractivity contribution >= 4 is 5.69 Å². The second kappa shape index (κ2) is 4.58. The van der Waals surface area contributed by atoms with Gasteiger partial charge in [-0.05, 0) is 31.7 Å². The lowest BCUT2D eigenvalue weighted by Gasteiger charge is -2.53. The van der Waals surface area contributed by atoms with Crippen molar-refractivity contribution < 1.29 is 4.48 Å². The van der Waals surface area contributed by atoms with Gasteiger partial charge in [-0.3, -0.25) is 0 Å². The van der Waals surface area contributed by atoms with E-state index in [1.54, 1.807) is 0 Å². The van der Waals surface area contributed by atoms with Crippen LogP contribution >= 0.6 is 0 Å². The highest BCUT2D eigenvalue weighted by molar-refractivity contribution is 5.45. The minimum Gasteiger partial charge on any atom is -0.398 e. The molecule has 2 atom stereocenters. The van der Waals surface area contributed by atoms with Gasteiger partial charge in [-0.2, -0.15) is 0 Å². The highest BCUT2D eigenvalue weighted by atomic mass is 15.4. The van der Waals surface area contributed by atoms with E-state index in [0.717, 1.165) is 24.3 Å². The fraction of sp³-hybridized carbons (Fsp3) is 0.562. The van der Waals surface area contributed by atoms with Crippen molar-refractivity contribution in [3.63, 3.8) is 0 Å². The lowest BCUT2D eigenvalue weighted by Crippen LogP contribution is -2.62. The normalized spacial score (nSPS) is 35.4. The maximum absolute atomic E-state index is 6.13. The largest absolute Gasteiger partial charge is 0.398 e. The number of benzene rings is 1. The molecule has 2 heterocycles. The van der Waals surface area contributed by atoms with Crippen LogP contribution in [0.1, 0.15) is 37.7 Å². The van der Waals surface area contributed by atoms with Crippen molar-refractivity contribution in [1.29, 1.82) is 0 Å². The molecular formula is C16H24N2+. The molecule has 97 valence electrons. The van der Waals surface area contributed by atoms with Crippen LogP contribution in [-0.2, 0) is 6.54 Å². The van der Waals surface area contributed by atoms with Crippen LogP contribution in [0.4, 0.5) is 5.69 Å². The number of hydrogen-bond donors (Lipinski definition) is 1. The molecule has 2 nitrogen and oxygen atoms in total. The van der Waals surface area contributed by atoms with Crippen molar-refractivity contribution in [3.05, 3.63) is 36.2 Å². The Kier molecular flexibility index (Phi) is 3.06. The van der Waals surface area contributed by atoms with E-state index in [1.165, 1.54) is 42.2 Å². The SMILES string of the molecule is C[N+]1(Cc2ccccc2N)C2C[CH]CC1CCC2. The number of anilines is 1. The molecule has 2 fully saturated rings. The second-order valence-electron chi connectivity index (χ2n) is 6.20. The number of fused-ring (bicyclic) bond motifs is 2. The fourth-order valence-corrected chi connectivity index (χ4v) is 3.98. The Labute approximate surface area is 110 Å². The van der Waals surface area contributed by atoms with Gasteiger partial charge < -0.3 is 10.2 Å². The standard InChI is InChI=1S/C16H24N2/c1-18(12-13-6-2-3-11-16(13)17)14-7-4-8-15(18)10-5-9-14/h2-4,6,11,14-15H,5,7-10,12,17H2,1H3/q+1. The maximum Gasteiger partial charge on any atom is 0.107 e. The second-order valence-corrected chi connectivity index (χ2v) is 6.20. The van der Waals surface area contributed by atoms with E-state index in [0.29, 0.717) is 0 Å². The molecule has 1 radical (unpaired) electrons. The van der Waals surface area contributed by atoms with Gasteiger partial charge in [0.1, 0.15) is 6.54 Å². The number of nitrogen functional groups attached to an aromatic ring is 1. The summed E-state index contributed by atoms with van der Waals surface area (Å²) in [5, 5.41) is 0. The number of quaternary nitrogens is 1. The van der Waals surface area contributed by atoms with Gasteiger partial charge in [0, 0.05) is 24.1 Å². The van der Waals surface area contributed by atoms with E-state index in [9.17, 15) is 0 Å². The first-order valence-corrected chi connectivity index (χ1v) is 7.20. The van der Waals surface area contributed by atoms with E-state index in [4.69, 9.17) is 5.73 Å². The molecule has 0 spiro atoms. The predicted octanol–water partition coefficient (Wildman–Crippen LogP) is 3.13. The van der Waals surface area contributed by atoms with Crippen LogP contribution in [0, 0.1) is 6.42 Å². The molecule has 1 aromatic carbocycles. The van der Waals surface area contributed by atoms with Gasteiger partial charge >= 0.3 is 0 Å². The zero-order valence-corrected chi connectivity index (χ0v) is 11.3. The Bertz CT molecular complexity index is 405. The van der Waals surface area contributed by atoms with E-state index in [2.05, 4.69) is 25.6 Å². The Morgan fingerprint density at radius 1 is 1.17 bits per heavy atom. The Morgan fingerprint density at radius 3 is 2.50 bits per heavy atom. The van der Waals surface area contributed by atoms with Gasteiger partial charge in [0.05, 0.1) is 19.1 Å². The third kappa shape index (κ3) is 1.93. The number of nitrogens with two attached hydrogens (primary N) is 1. The first-order chi connectivity index (χ1) is 8.70. The van der Waals surface area contributed by atoms with E-state index >= 15 is 0 Å². The third-order valence-corrected chi connectivity index (χ3v) is 5.19. The average Bonchev–Trinajstić information content (AvgIpc) is 2.31. The smallest absolute Gasteiger partial charge is 0.107 e. The molecule has 2 saturated heterocycles. The molecule has 1 aromatic rings. The van der Waals surface area contributed by atoms with Gasteiger partial charge in [0.2, 0.25) is 0 Å². The molecule has 0 amide bonds. The van der Waals surface area contributed by atoms with Gasteiger partial charge in [0.15, 0.2) is 0 Å². The quantitative estimate of drug-likeness (QED) is 0.628. The number of para-hydroxylation sites is 1.